The molecule has 0 N–H and O–H groups in total. The van der Waals surface area contributed by atoms with E-state index in [1.54, 1.807) is 0 Å². The standard InChI is InChI=1S/C43H38S/c1-3-25-43(26-4-2)41-28-36(33-15-13-31(14-16-33)30-9-6-5-7-10-30)21-23-39(41)40-24-22-37(29-42(40)43)34-19-17-32(18-20-34)35-11-8-12-38(44)27-35/h5-24,27-29,44H,3-4,25-26H2,1-2H3. The Balaban J connectivity index is 1.27. The Hall–Kier alpha value is -4.33. The van der Waals surface area contributed by atoms with Crippen molar-refractivity contribution in [3.63, 3.8) is 0 Å². The second kappa shape index (κ2) is 12.0. The van der Waals surface area contributed by atoms with Crippen molar-refractivity contribution in [1.29, 1.82) is 0 Å². The SMILES string of the molecule is CCCC1(CCC)c2cc(-c3ccc(-c4ccccc4)cc3)ccc2-c2ccc(-c3ccc(-c4cccc(S)c4)cc3)cc21. The third-order valence-corrected chi connectivity index (χ3v) is 9.72. The highest BCUT2D eigenvalue weighted by Gasteiger charge is 2.42. The van der Waals surface area contributed by atoms with Crippen LogP contribution in [0.25, 0.3) is 55.6 Å². The van der Waals surface area contributed by atoms with Crippen LogP contribution in [-0.4, -0.2) is 0 Å². The molecule has 1 heteroatoms. The van der Waals surface area contributed by atoms with Crippen molar-refractivity contribution >= 4 is 12.6 Å². The molecule has 1 aliphatic carbocycles. The monoisotopic (exact) mass is 586 g/mol. The first-order chi connectivity index (χ1) is 21.6. The minimum absolute atomic E-state index is 0.0249. The van der Waals surface area contributed by atoms with Crippen LogP contribution in [0.4, 0.5) is 0 Å². The molecule has 0 amide bonds. The molecular weight excluding hydrogens is 549 g/mol. The molecule has 0 unspecified atom stereocenters. The lowest BCUT2D eigenvalue weighted by molar-refractivity contribution is 0.436. The van der Waals surface area contributed by atoms with Crippen molar-refractivity contribution in [3.8, 4) is 55.6 Å². The van der Waals surface area contributed by atoms with Gasteiger partial charge in [-0.15, -0.1) is 12.6 Å². The van der Waals surface area contributed by atoms with Crippen LogP contribution in [0, 0.1) is 0 Å². The van der Waals surface area contributed by atoms with Gasteiger partial charge in [-0.3, -0.25) is 0 Å². The number of hydrogen-bond acceptors (Lipinski definition) is 1. The van der Waals surface area contributed by atoms with Crippen LogP contribution in [0.3, 0.4) is 0 Å². The molecule has 7 rings (SSSR count). The quantitative estimate of drug-likeness (QED) is 0.169. The van der Waals surface area contributed by atoms with Crippen molar-refractivity contribution in [2.45, 2.75) is 49.8 Å². The van der Waals surface area contributed by atoms with Crippen LogP contribution in [-0.2, 0) is 5.41 Å². The molecule has 6 aromatic carbocycles. The minimum atomic E-state index is 0.0249. The van der Waals surface area contributed by atoms with E-state index in [9.17, 15) is 0 Å². The van der Waals surface area contributed by atoms with Crippen LogP contribution in [0.2, 0.25) is 0 Å². The molecule has 44 heavy (non-hydrogen) atoms. The van der Waals surface area contributed by atoms with Crippen molar-refractivity contribution in [1.82, 2.24) is 0 Å². The van der Waals surface area contributed by atoms with Gasteiger partial charge in [0, 0.05) is 10.3 Å². The maximum Gasteiger partial charge on any atom is 0.0215 e. The van der Waals surface area contributed by atoms with Gasteiger partial charge in [0.2, 0.25) is 0 Å². The van der Waals surface area contributed by atoms with E-state index in [-0.39, 0.29) is 5.41 Å². The predicted molar refractivity (Wildman–Crippen MR) is 191 cm³/mol. The van der Waals surface area contributed by atoms with Gasteiger partial charge in [0.05, 0.1) is 0 Å². The fourth-order valence-electron chi connectivity index (χ4n) is 7.40. The lowest BCUT2D eigenvalue weighted by atomic mass is 9.71. The molecule has 0 spiro atoms. The van der Waals surface area contributed by atoms with Gasteiger partial charge in [-0.05, 0) is 104 Å². The smallest absolute Gasteiger partial charge is 0.0215 e. The second-order valence-electron chi connectivity index (χ2n) is 12.2. The first-order valence-electron chi connectivity index (χ1n) is 15.9. The lowest BCUT2D eigenvalue weighted by Crippen LogP contribution is -2.25. The van der Waals surface area contributed by atoms with Gasteiger partial charge in [-0.25, -0.2) is 0 Å². The van der Waals surface area contributed by atoms with Gasteiger partial charge in [-0.1, -0.05) is 142 Å². The van der Waals surface area contributed by atoms with E-state index in [0.29, 0.717) is 0 Å². The van der Waals surface area contributed by atoms with Gasteiger partial charge in [0.15, 0.2) is 0 Å². The molecule has 0 saturated heterocycles. The predicted octanol–water partition coefficient (Wildman–Crippen LogP) is 12.5. The van der Waals surface area contributed by atoms with E-state index < -0.39 is 0 Å². The number of fused-ring (bicyclic) bond motifs is 3. The van der Waals surface area contributed by atoms with Crippen molar-refractivity contribution < 1.29 is 0 Å². The number of hydrogen-bond donors (Lipinski definition) is 1. The van der Waals surface area contributed by atoms with Gasteiger partial charge in [0.25, 0.3) is 0 Å². The Labute approximate surface area is 267 Å². The molecule has 1 aliphatic rings. The summed E-state index contributed by atoms with van der Waals surface area (Å²) in [5.74, 6) is 0. The first kappa shape index (κ1) is 28.4. The summed E-state index contributed by atoms with van der Waals surface area (Å²) in [6.07, 6.45) is 4.61. The molecule has 0 aliphatic heterocycles. The van der Waals surface area contributed by atoms with E-state index in [1.807, 2.05) is 6.07 Å². The summed E-state index contributed by atoms with van der Waals surface area (Å²) in [5, 5.41) is 0. The highest BCUT2D eigenvalue weighted by Crippen LogP contribution is 2.55. The summed E-state index contributed by atoms with van der Waals surface area (Å²) in [6, 6.07) is 51.5. The Kier molecular flexibility index (Phi) is 7.75. The zero-order valence-electron chi connectivity index (χ0n) is 25.6. The summed E-state index contributed by atoms with van der Waals surface area (Å²) in [6.45, 7) is 4.67. The topological polar surface area (TPSA) is 0 Å². The third kappa shape index (κ3) is 5.10. The summed E-state index contributed by atoms with van der Waals surface area (Å²) in [7, 11) is 0. The normalized spacial score (nSPS) is 13.0. The van der Waals surface area contributed by atoms with E-state index in [1.165, 1.54) is 66.8 Å². The maximum atomic E-state index is 4.54. The molecule has 0 saturated carbocycles. The van der Waals surface area contributed by atoms with Crippen molar-refractivity contribution in [2.75, 3.05) is 0 Å². The number of rotatable bonds is 8. The molecule has 0 nitrogen and oxygen atoms in total. The zero-order chi connectivity index (χ0) is 30.1. The third-order valence-electron chi connectivity index (χ3n) is 9.44. The fraction of sp³-hybridized carbons (Fsp3) is 0.163. The van der Waals surface area contributed by atoms with Crippen LogP contribution in [0.15, 0.2) is 144 Å². The Morgan fingerprint density at radius 3 is 1.25 bits per heavy atom. The molecular formula is C43H38S. The largest absolute Gasteiger partial charge is 0.143 e. The molecule has 0 fully saturated rings. The second-order valence-corrected chi connectivity index (χ2v) is 12.7. The highest BCUT2D eigenvalue weighted by molar-refractivity contribution is 7.80. The van der Waals surface area contributed by atoms with E-state index in [2.05, 4.69) is 160 Å². The number of thiol groups is 1. The van der Waals surface area contributed by atoms with Gasteiger partial charge >= 0.3 is 0 Å². The fourth-order valence-corrected chi connectivity index (χ4v) is 7.62. The summed E-state index contributed by atoms with van der Waals surface area (Å²) in [4.78, 5) is 0.986. The summed E-state index contributed by atoms with van der Waals surface area (Å²) < 4.78 is 0. The zero-order valence-corrected chi connectivity index (χ0v) is 26.4. The van der Waals surface area contributed by atoms with Crippen LogP contribution in [0.1, 0.15) is 50.7 Å². The van der Waals surface area contributed by atoms with Crippen molar-refractivity contribution in [2.24, 2.45) is 0 Å². The first-order valence-corrected chi connectivity index (χ1v) is 16.4. The molecule has 216 valence electrons. The minimum Gasteiger partial charge on any atom is -0.143 e. The average molecular weight is 587 g/mol. The molecule has 6 aromatic rings. The lowest BCUT2D eigenvalue weighted by Gasteiger charge is -2.32. The molecule has 0 aromatic heterocycles. The van der Waals surface area contributed by atoms with E-state index >= 15 is 0 Å². The summed E-state index contributed by atoms with van der Waals surface area (Å²) >= 11 is 4.54. The Morgan fingerprint density at radius 1 is 0.409 bits per heavy atom. The van der Waals surface area contributed by atoms with Crippen LogP contribution in [0.5, 0.6) is 0 Å². The molecule has 0 bridgehead atoms. The van der Waals surface area contributed by atoms with Crippen LogP contribution >= 0.6 is 12.6 Å². The molecule has 0 radical (unpaired) electrons. The Bertz CT molecular complexity index is 1910. The van der Waals surface area contributed by atoms with Gasteiger partial charge in [0.1, 0.15) is 0 Å². The van der Waals surface area contributed by atoms with Crippen LogP contribution < -0.4 is 0 Å². The van der Waals surface area contributed by atoms with Gasteiger partial charge < -0.3 is 0 Å². The average Bonchev–Trinajstić information content (AvgIpc) is 3.33. The van der Waals surface area contributed by atoms with Crippen molar-refractivity contribution in [3.05, 3.63) is 151 Å². The van der Waals surface area contributed by atoms with E-state index in [4.69, 9.17) is 0 Å². The number of benzene rings is 6. The van der Waals surface area contributed by atoms with Gasteiger partial charge in [-0.2, -0.15) is 0 Å². The molecule has 0 atom stereocenters. The maximum absolute atomic E-state index is 4.54. The Morgan fingerprint density at radius 2 is 0.795 bits per heavy atom. The molecule has 0 heterocycles. The summed E-state index contributed by atoms with van der Waals surface area (Å²) in [5.41, 5.74) is 15.9. The highest BCUT2D eigenvalue weighted by atomic mass is 32.1. The van der Waals surface area contributed by atoms with E-state index in [0.717, 1.165) is 30.6 Å².